The average Bonchev–Trinajstić information content (AvgIpc) is 3.40. The first-order valence-corrected chi connectivity index (χ1v) is 9.27. The van der Waals surface area contributed by atoms with Crippen LogP contribution in [0.25, 0.3) is 0 Å². The standard InChI is InChI=1S/C16H29N3.5CO.Cr/c1-10(2)18(11(3)4)15-14(17-9)16(15)19(12(5)6)13(7)8;5*1-2;/h10-14H,1-8H3;;;;;;. The van der Waals surface area contributed by atoms with Crippen LogP contribution in [0.2, 0.25) is 0 Å². The SMILES string of the molecule is CC(C)N(C1=C(N(C(C)C)C(C)C)C1N=[C]=[Cr])C(C)C.[C-]#[O+].[C-]#[O+].[C-]#[O+].[C-]#[O+].[C-]#[O+]. The molecule has 30 heavy (non-hydrogen) atoms. The van der Waals surface area contributed by atoms with Crippen molar-refractivity contribution in [3.05, 3.63) is 44.6 Å². The van der Waals surface area contributed by atoms with Crippen molar-refractivity contribution in [2.75, 3.05) is 0 Å². The van der Waals surface area contributed by atoms with Gasteiger partial charge < -0.3 is 0 Å². The van der Waals surface area contributed by atoms with E-state index in [0.29, 0.717) is 24.2 Å². The van der Waals surface area contributed by atoms with Gasteiger partial charge in [0.1, 0.15) is 0 Å². The Morgan fingerprint density at radius 2 is 0.833 bits per heavy atom. The number of aliphatic imine (C=N–C) groups is 1. The summed E-state index contributed by atoms with van der Waals surface area (Å²) in [4.78, 5) is 9.48. The molecule has 0 fully saturated rings. The molecule has 0 saturated carbocycles. The van der Waals surface area contributed by atoms with Crippen LogP contribution in [0.15, 0.2) is 16.4 Å². The molecule has 0 amide bonds. The number of hydrogen-bond acceptors (Lipinski definition) is 3. The van der Waals surface area contributed by atoms with Crippen molar-refractivity contribution >= 4 is 4.68 Å². The molecule has 1 aliphatic carbocycles. The maximum absolute atomic E-state index is 7.50. The molecule has 0 N–H and O–H groups in total. The summed E-state index contributed by atoms with van der Waals surface area (Å²) in [5.41, 5.74) is 2.75. The fourth-order valence-corrected chi connectivity index (χ4v) is 3.38. The van der Waals surface area contributed by atoms with Gasteiger partial charge in [0, 0.05) is 0 Å². The normalized spacial score (nSPS) is 10.6. The summed E-state index contributed by atoms with van der Waals surface area (Å²) in [7, 11) is 0. The maximum atomic E-state index is 7.50. The van der Waals surface area contributed by atoms with Gasteiger partial charge in [-0.05, 0) is 0 Å². The molecule has 1 aliphatic rings. The minimum absolute atomic E-state index is 0.186. The summed E-state index contributed by atoms with van der Waals surface area (Å²) < 4.78 is 40.4. The van der Waals surface area contributed by atoms with E-state index in [0.717, 1.165) is 0 Å². The molecular weight excluding hydrogens is 426 g/mol. The first-order valence-electron chi connectivity index (χ1n) is 8.63. The molecule has 1 rings (SSSR count). The predicted molar refractivity (Wildman–Crippen MR) is 102 cm³/mol. The molecule has 0 saturated heterocycles. The van der Waals surface area contributed by atoms with E-state index in [1.54, 1.807) is 0 Å². The molecule has 0 aromatic rings. The molecule has 0 bridgehead atoms. The molecule has 0 unspecified atom stereocenters. The number of hydrogen-bond donors (Lipinski definition) is 0. The summed E-state index contributed by atoms with van der Waals surface area (Å²) in [5, 5.41) is 0. The Kier molecular flexibility index (Phi) is 32.5. The van der Waals surface area contributed by atoms with E-state index in [4.69, 9.17) is 23.3 Å². The van der Waals surface area contributed by atoms with Crippen LogP contribution in [0.1, 0.15) is 55.4 Å². The van der Waals surface area contributed by atoms with Gasteiger partial charge in [0.15, 0.2) is 0 Å². The second-order valence-corrected chi connectivity index (χ2v) is 6.87. The quantitative estimate of drug-likeness (QED) is 0.333. The van der Waals surface area contributed by atoms with Crippen LogP contribution < -0.4 is 0 Å². The second kappa shape index (κ2) is 25.2. The minimum atomic E-state index is 0.186. The Balaban J connectivity index is -0.000000182. The average molecular weight is 455 g/mol. The van der Waals surface area contributed by atoms with Gasteiger partial charge in [-0.15, -0.1) is 0 Å². The van der Waals surface area contributed by atoms with E-state index in [-0.39, 0.29) is 6.04 Å². The van der Waals surface area contributed by atoms with Crippen LogP contribution in [0, 0.1) is 33.3 Å². The third-order valence-electron chi connectivity index (χ3n) is 3.66. The van der Waals surface area contributed by atoms with Crippen molar-refractivity contribution in [2.24, 2.45) is 4.99 Å². The summed E-state index contributed by atoms with van der Waals surface area (Å²) >= 11 is 2.77. The van der Waals surface area contributed by atoms with Crippen LogP contribution in [-0.4, -0.2) is 44.7 Å². The van der Waals surface area contributed by atoms with Crippen LogP contribution in [0.4, 0.5) is 0 Å². The van der Waals surface area contributed by atoms with Crippen molar-refractivity contribution in [1.29, 1.82) is 0 Å². The first kappa shape index (κ1) is 38.7. The van der Waals surface area contributed by atoms with Crippen molar-refractivity contribution in [2.45, 2.75) is 85.6 Å². The fraction of sp³-hybridized carbons (Fsp3) is 0.619. The van der Waals surface area contributed by atoms with Crippen LogP contribution in [0.3, 0.4) is 0 Å². The first-order chi connectivity index (χ1) is 14.2. The van der Waals surface area contributed by atoms with Crippen LogP contribution in [0.5, 0.6) is 0 Å². The van der Waals surface area contributed by atoms with Gasteiger partial charge in [-0.2, -0.15) is 0 Å². The molecule has 0 radical (unpaired) electrons. The second-order valence-electron chi connectivity index (χ2n) is 6.58. The van der Waals surface area contributed by atoms with E-state index in [1.807, 2.05) is 0 Å². The van der Waals surface area contributed by atoms with Crippen LogP contribution >= 0.6 is 0 Å². The Bertz CT molecular complexity index is 544. The molecule has 0 aromatic carbocycles. The van der Waals surface area contributed by atoms with Crippen LogP contribution in [-0.2, 0) is 39.1 Å². The van der Waals surface area contributed by atoms with E-state index < -0.39 is 0 Å². The molecule has 0 aromatic heterocycles. The predicted octanol–water partition coefficient (Wildman–Crippen LogP) is 3.08. The Morgan fingerprint density at radius 3 is 0.967 bits per heavy atom. The van der Waals surface area contributed by atoms with Gasteiger partial charge in [-0.1, -0.05) is 0 Å². The molecule has 9 heteroatoms. The third-order valence-corrected chi connectivity index (χ3v) is 3.83. The van der Waals surface area contributed by atoms with Crippen molar-refractivity contribution < 1.29 is 39.1 Å². The molecule has 0 spiro atoms. The zero-order valence-electron chi connectivity index (χ0n) is 18.7. The van der Waals surface area contributed by atoms with E-state index in [9.17, 15) is 0 Å². The summed E-state index contributed by atoms with van der Waals surface area (Å²) in [6, 6.07) is 2.14. The third kappa shape index (κ3) is 13.4. The zero-order chi connectivity index (χ0) is 25.6. The molecular formula is C21H29CrN3O5. The van der Waals surface area contributed by atoms with E-state index in [1.165, 1.54) is 11.4 Å². The van der Waals surface area contributed by atoms with Gasteiger partial charge in [-0.25, -0.2) is 0 Å². The van der Waals surface area contributed by atoms with Gasteiger partial charge >= 0.3 is 189 Å². The van der Waals surface area contributed by atoms with Gasteiger partial charge in [0.25, 0.3) is 0 Å². The summed E-state index contributed by atoms with van der Waals surface area (Å²) in [6.07, 6.45) is 0. The van der Waals surface area contributed by atoms with E-state index >= 15 is 0 Å². The molecule has 0 heterocycles. The zero-order valence-corrected chi connectivity index (χ0v) is 20.0. The fourth-order valence-electron chi connectivity index (χ4n) is 3.22. The number of rotatable bonds is 7. The summed E-state index contributed by atoms with van der Waals surface area (Å²) in [6.45, 7) is 40.5. The van der Waals surface area contributed by atoms with E-state index in [2.05, 4.69) is 124 Å². The van der Waals surface area contributed by atoms with Gasteiger partial charge in [-0.3, -0.25) is 0 Å². The molecule has 8 nitrogen and oxygen atoms in total. The van der Waals surface area contributed by atoms with Gasteiger partial charge in [0.05, 0.1) is 0 Å². The molecule has 0 aliphatic heterocycles. The van der Waals surface area contributed by atoms with Crippen molar-refractivity contribution in [1.82, 2.24) is 9.80 Å². The van der Waals surface area contributed by atoms with Crippen molar-refractivity contribution in [3.8, 4) is 0 Å². The monoisotopic (exact) mass is 455 g/mol. The van der Waals surface area contributed by atoms with Crippen molar-refractivity contribution in [3.63, 3.8) is 0 Å². The topological polar surface area (TPSA) is 118 Å². The molecule has 0 atom stereocenters. The number of nitrogens with zero attached hydrogens (tertiary/aromatic N) is 3. The summed E-state index contributed by atoms with van der Waals surface area (Å²) in [5.74, 6) is 0. The van der Waals surface area contributed by atoms with Gasteiger partial charge in [0.2, 0.25) is 0 Å². The Morgan fingerprint density at radius 1 is 0.633 bits per heavy atom. The Labute approximate surface area is 189 Å². The molecule has 164 valence electrons. The Hall–Kier alpha value is -1.85.